The quantitative estimate of drug-likeness (QED) is 0.778. The van der Waals surface area contributed by atoms with E-state index in [1.807, 2.05) is 20.0 Å². The van der Waals surface area contributed by atoms with Crippen molar-refractivity contribution in [1.82, 2.24) is 14.8 Å². The molecule has 5 heteroatoms. The highest BCUT2D eigenvalue weighted by Gasteiger charge is 2.08. The van der Waals surface area contributed by atoms with Crippen molar-refractivity contribution in [3.8, 4) is 5.75 Å². The first-order chi connectivity index (χ1) is 9.22. The van der Waals surface area contributed by atoms with Gasteiger partial charge in [-0.1, -0.05) is 6.42 Å². The Kier molecular flexibility index (Phi) is 4.74. The van der Waals surface area contributed by atoms with Gasteiger partial charge in [0.15, 0.2) is 5.65 Å². The first-order valence-corrected chi connectivity index (χ1v) is 6.75. The summed E-state index contributed by atoms with van der Waals surface area (Å²) in [5, 5.41) is 13.9. The smallest absolute Gasteiger partial charge is 0.161 e. The van der Waals surface area contributed by atoms with Crippen molar-refractivity contribution >= 4 is 11.0 Å². The minimum atomic E-state index is 0.278. The molecule has 2 aromatic rings. The molecular formula is C14H21N3O2. The maximum absolute atomic E-state index is 8.70. The fraction of sp³-hybridized carbons (Fsp3) is 0.571. The summed E-state index contributed by atoms with van der Waals surface area (Å²) in [4.78, 5) is 4.46. The lowest BCUT2D eigenvalue weighted by Gasteiger charge is -2.08. The Morgan fingerprint density at radius 2 is 2.05 bits per heavy atom. The van der Waals surface area contributed by atoms with E-state index in [0.29, 0.717) is 6.61 Å². The number of aliphatic hydroxyl groups excluding tert-OH is 1. The van der Waals surface area contributed by atoms with Crippen LogP contribution in [-0.4, -0.2) is 33.1 Å². The van der Waals surface area contributed by atoms with E-state index >= 15 is 0 Å². The molecule has 0 aliphatic carbocycles. The van der Waals surface area contributed by atoms with Crippen LogP contribution in [0.15, 0.2) is 12.3 Å². The number of pyridine rings is 1. The zero-order valence-electron chi connectivity index (χ0n) is 11.6. The molecule has 2 aromatic heterocycles. The van der Waals surface area contributed by atoms with Gasteiger partial charge in [-0.05, 0) is 26.2 Å². The van der Waals surface area contributed by atoms with Gasteiger partial charge in [0, 0.05) is 25.4 Å². The number of hydrogen-bond donors (Lipinski definition) is 1. The van der Waals surface area contributed by atoms with Crippen molar-refractivity contribution in [3.63, 3.8) is 0 Å². The molecule has 2 heterocycles. The topological polar surface area (TPSA) is 60.2 Å². The number of hydrogen-bond acceptors (Lipinski definition) is 4. The Hall–Kier alpha value is -1.62. The van der Waals surface area contributed by atoms with E-state index in [1.165, 1.54) is 0 Å². The van der Waals surface area contributed by atoms with Gasteiger partial charge in [-0.2, -0.15) is 5.10 Å². The third kappa shape index (κ3) is 3.44. The van der Waals surface area contributed by atoms with Gasteiger partial charge in [0.1, 0.15) is 5.75 Å². The van der Waals surface area contributed by atoms with E-state index in [1.54, 1.807) is 10.9 Å². The van der Waals surface area contributed by atoms with Crippen LogP contribution in [0.2, 0.25) is 0 Å². The van der Waals surface area contributed by atoms with Crippen LogP contribution in [0.5, 0.6) is 5.75 Å². The van der Waals surface area contributed by atoms with Gasteiger partial charge in [-0.3, -0.25) is 4.68 Å². The molecule has 0 radical (unpaired) electrons. The molecule has 0 saturated heterocycles. The van der Waals surface area contributed by atoms with Crippen molar-refractivity contribution in [2.45, 2.75) is 32.6 Å². The van der Waals surface area contributed by atoms with Crippen LogP contribution in [0.25, 0.3) is 11.0 Å². The summed E-state index contributed by atoms with van der Waals surface area (Å²) < 4.78 is 7.60. The zero-order valence-corrected chi connectivity index (χ0v) is 11.6. The van der Waals surface area contributed by atoms with Crippen molar-refractivity contribution in [1.29, 1.82) is 0 Å². The zero-order chi connectivity index (χ0) is 13.7. The second kappa shape index (κ2) is 6.52. The first-order valence-electron chi connectivity index (χ1n) is 6.75. The highest BCUT2D eigenvalue weighted by Crippen LogP contribution is 2.24. The molecule has 0 amide bonds. The fourth-order valence-corrected chi connectivity index (χ4v) is 2.07. The third-order valence-corrected chi connectivity index (χ3v) is 3.11. The number of aromatic nitrogens is 3. The van der Waals surface area contributed by atoms with Crippen LogP contribution in [0.3, 0.4) is 0 Å². The number of ether oxygens (including phenoxy) is 1. The van der Waals surface area contributed by atoms with Crippen LogP contribution >= 0.6 is 0 Å². The van der Waals surface area contributed by atoms with E-state index in [9.17, 15) is 0 Å². The SMILES string of the molecule is Cc1cc(OCCCCCCO)c2cnn(C)c2n1. The summed E-state index contributed by atoms with van der Waals surface area (Å²) in [5.41, 5.74) is 1.79. The van der Waals surface area contributed by atoms with E-state index < -0.39 is 0 Å². The molecule has 104 valence electrons. The van der Waals surface area contributed by atoms with Crippen molar-refractivity contribution < 1.29 is 9.84 Å². The highest BCUT2D eigenvalue weighted by molar-refractivity contribution is 5.82. The van der Waals surface area contributed by atoms with Crippen LogP contribution < -0.4 is 4.74 Å². The molecule has 0 aliphatic heterocycles. The molecule has 1 N–H and O–H groups in total. The lowest BCUT2D eigenvalue weighted by atomic mass is 10.2. The standard InChI is InChI=1S/C14H21N3O2/c1-11-9-13(19-8-6-4-3-5-7-18)12-10-15-17(2)14(12)16-11/h9-10,18H,3-8H2,1-2H3. The van der Waals surface area contributed by atoms with Gasteiger partial charge in [-0.15, -0.1) is 0 Å². The molecule has 0 atom stereocenters. The summed E-state index contributed by atoms with van der Waals surface area (Å²) in [7, 11) is 1.88. The average molecular weight is 263 g/mol. The number of unbranched alkanes of at least 4 members (excludes halogenated alkanes) is 3. The molecule has 0 bridgehead atoms. The molecule has 0 spiro atoms. The van der Waals surface area contributed by atoms with Gasteiger partial charge in [-0.25, -0.2) is 4.98 Å². The monoisotopic (exact) mass is 263 g/mol. The molecule has 0 unspecified atom stereocenters. The summed E-state index contributed by atoms with van der Waals surface area (Å²) in [6, 6.07) is 1.96. The number of rotatable bonds is 7. The Bertz CT molecular complexity index is 537. The predicted molar refractivity (Wildman–Crippen MR) is 74.3 cm³/mol. The lowest BCUT2D eigenvalue weighted by molar-refractivity contribution is 0.274. The minimum absolute atomic E-state index is 0.278. The van der Waals surface area contributed by atoms with Crippen molar-refractivity contribution in [2.24, 2.45) is 7.05 Å². The van der Waals surface area contributed by atoms with Crippen LogP contribution in [0.4, 0.5) is 0 Å². The largest absolute Gasteiger partial charge is 0.493 e. The van der Waals surface area contributed by atoms with E-state index in [0.717, 1.165) is 48.2 Å². The molecule has 0 aromatic carbocycles. The van der Waals surface area contributed by atoms with Gasteiger partial charge in [0.2, 0.25) is 0 Å². The molecule has 5 nitrogen and oxygen atoms in total. The Labute approximate surface area is 113 Å². The van der Waals surface area contributed by atoms with E-state index in [4.69, 9.17) is 9.84 Å². The second-order valence-corrected chi connectivity index (χ2v) is 4.75. The van der Waals surface area contributed by atoms with Crippen LogP contribution in [0, 0.1) is 6.92 Å². The summed E-state index contributed by atoms with van der Waals surface area (Å²) in [5.74, 6) is 0.859. The summed E-state index contributed by atoms with van der Waals surface area (Å²) in [6.07, 6.45) is 5.81. The van der Waals surface area contributed by atoms with Crippen molar-refractivity contribution in [3.05, 3.63) is 18.0 Å². The number of fused-ring (bicyclic) bond motifs is 1. The number of aliphatic hydroxyl groups is 1. The normalized spacial score (nSPS) is 11.1. The molecular weight excluding hydrogens is 242 g/mol. The third-order valence-electron chi connectivity index (χ3n) is 3.11. The number of nitrogens with zero attached hydrogens (tertiary/aromatic N) is 3. The van der Waals surface area contributed by atoms with Crippen LogP contribution in [-0.2, 0) is 7.05 Å². The Morgan fingerprint density at radius 1 is 1.26 bits per heavy atom. The van der Waals surface area contributed by atoms with E-state index in [-0.39, 0.29) is 6.61 Å². The van der Waals surface area contributed by atoms with Crippen molar-refractivity contribution in [2.75, 3.05) is 13.2 Å². The molecule has 19 heavy (non-hydrogen) atoms. The predicted octanol–water partition coefficient (Wildman–Crippen LogP) is 2.21. The minimum Gasteiger partial charge on any atom is -0.493 e. The van der Waals surface area contributed by atoms with Gasteiger partial charge < -0.3 is 9.84 Å². The van der Waals surface area contributed by atoms with Gasteiger partial charge in [0.05, 0.1) is 18.2 Å². The second-order valence-electron chi connectivity index (χ2n) is 4.75. The average Bonchev–Trinajstić information content (AvgIpc) is 2.75. The Balaban J connectivity index is 1.96. The summed E-state index contributed by atoms with van der Waals surface area (Å²) >= 11 is 0. The maximum atomic E-state index is 8.70. The molecule has 0 saturated carbocycles. The van der Waals surface area contributed by atoms with Gasteiger partial charge in [0.25, 0.3) is 0 Å². The lowest BCUT2D eigenvalue weighted by Crippen LogP contribution is -2.00. The van der Waals surface area contributed by atoms with E-state index in [2.05, 4.69) is 10.1 Å². The first kappa shape index (κ1) is 13.8. The molecule has 2 rings (SSSR count). The van der Waals surface area contributed by atoms with Crippen LogP contribution in [0.1, 0.15) is 31.4 Å². The highest BCUT2D eigenvalue weighted by atomic mass is 16.5. The Morgan fingerprint density at radius 3 is 2.84 bits per heavy atom. The molecule has 0 fully saturated rings. The molecule has 0 aliphatic rings. The summed E-state index contributed by atoms with van der Waals surface area (Å²) in [6.45, 7) is 2.93. The maximum Gasteiger partial charge on any atom is 0.161 e. The fourth-order valence-electron chi connectivity index (χ4n) is 2.07. The van der Waals surface area contributed by atoms with Gasteiger partial charge >= 0.3 is 0 Å². The number of aryl methyl sites for hydroxylation is 2.